The third-order valence-corrected chi connectivity index (χ3v) is 8.81. The van der Waals surface area contributed by atoms with E-state index in [1.54, 1.807) is 14.2 Å². The second kappa shape index (κ2) is 13.1. The lowest BCUT2D eigenvalue weighted by atomic mass is 9.95. The van der Waals surface area contributed by atoms with Crippen LogP contribution in [-0.4, -0.2) is 54.1 Å². The molecular weight excluding hydrogens is 560 g/mol. The van der Waals surface area contributed by atoms with Crippen LogP contribution in [-0.2, 0) is 22.4 Å². The molecule has 1 amide bonds. The summed E-state index contributed by atoms with van der Waals surface area (Å²) in [6.45, 7) is 0. The molecule has 1 N–H and O–H groups in total. The molecule has 0 spiro atoms. The number of aromatic nitrogens is 3. The largest absolute Gasteiger partial charge is 0.497 e. The van der Waals surface area contributed by atoms with Crippen LogP contribution in [0.3, 0.4) is 0 Å². The van der Waals surface area contributed by atoms with Gasteiger partial charge in [-0.15, -0.1) is 21.5 Å². The van der Waals surface area contributed by atoms with Crippen LogP contribution in [0.4, 0.5) is 5.00 Å². The number of carbonyl (C=O) groups excluding carboxylic acids is 2. The Labute approximate surface area is 246 Å². The minimum absolute atomic E-state index is 0.181. The Balaban J connectivity index is 1.31. The molecule has 0 saturated carbocycles. The summed E-state index contributed by atoms with van der Waals surface area (Å²) in [5, 5.41) is 12.8. The molecule has 5 rings (SSSR count). The molecule has 0 saturated heterocycles. The quantitative estimate of drug-likeness (QED) is 0.174. The van der Waals surface area contributed by atoms with Crippen LogP contribution in [0.5, 0.6) is 11.5 Å². The van der Waals surface area contributed by atoms with Crippen LogP contribution < -0.4 is 14.8 Å². The number of thiophene rings is 1. The molecule has 9 nitrogen and oxygen atoms in total. The highest BCUT2D eigenvalue weighted by molar-refractivity contribution is 7.99. The van der Waals surface area contributed by atoms with Crippen LogP contribution in [0.2, 0.25) is 0 Å². The van der Waals surface area contributed by atoms with E-state index >= 15 is 0 Å². The number of fused-ring (bicyclic) bond motifs is 1. The van der Waals surface area contributed by atoms with Gasteiger partial charge in [-0.2, -0.15) is 0 Å². The maximum atomic E-state index is 12.9. The van der Waals surface area contributed by atoms with Crippen molar-refractivity contribution in [3.63, 3.8) is 0 Å². The van der Waals surface area contributed by atoms with Gasteiger partial charge in [0.1, 0.15) is 27.9 Å². The molecule has 2 aromatic carbocycles. The molecule has 0 aliphatic heterocycles. The van der Waals surface area contributed by atoms with E-state index in [-0.39, 0.29) is 12.3 Å². The fourth-order valence-electron chi connectivity index (χ4n) is 4.66. The Kier molecular flexibility index (Phi) is 9.15. The maximum Gasteiger partial charge on any atom is 0.341 e. The Hall–Kier alpha value is -3.96. The van der Waals surface area contributed by atoms with Crippen molar-refractivity contribution < 1.29 is 23.8 Å². The van der Waals surface area contributed by atoms with Gasteiger partial charge in [0.05, 0.1) is 26.9 Å². The first kappa shape index (κ1) is 28.6. The lowest BCUT2D eigenvalue weighted by Crippen LogP contribution is -2.15. The average Bonchev–Trinajstić information content (AvgIpc) is 3.38. The van der Waals surface area contributed by atoms with Gasteiger partial charge in [-0.25, -0.2) is 9.78 Å². The van der Waals surface area contributed by atoms with Gasteiger partial charge in [0.25, 0.3) is 0 Å². The molecule has 0 atom stereocenters. The molecule has 11 heteroatoms. The van der Waals surface area contributed by atoms with Gasteiger partial charge in [0, 0.05) is 28.2 Å². The minimum atomic E-state index is -0.406. The third-order valence-electron chi connectivity index (χ3n) is 6.77. The van der Waals surface area contributed by atoms with E-state index in [0.29, 0.717) is 32.9 Å². The number of hydrogen-bond donors (Lipinski definition) is 1. The Bertz CT molecular complexity index is 1540. The molecule has 2 heterocycles. The number of nitrogens with zero attached hydrogens (tertiary/aromatic N) is 3. The van der Waals surface area contributed by atoms with E-state index in [1.807, 2.05) is 48.5 Å². The Morgan fingerprint density at radius 2 is 1.51 bits per heavy atom. The summed E-state index contributed by atoms with van der Waals surface area (Å²) in [5.74, 6) is 1.34. The minimum Gasteiger partial charge on any atom is -0.497 e. The molecule has 0 fully saturated rings. The molecule has 0 unspecified atom stereocenters. The number of aryl methyl sites for hydroxylation is 1. The smallest absolute Gasteiger partial charge is 0.341 e. The highest BCUT2D eigenvalue weighted by Gasteiger charge is 2.27. The summed E-state index contributed by atoms with van der Waals surface area (Å²) in [5.41, 5.74) is 4.54. The zero-order valence-electron chi connectivity index (χ0n) is 23.1. The van der Waals surface area contributed by atoms with Crippen molar-refractivity contribution in [3.05, 3.63) is 64.5 Å². The molecule has 1 aliphatic rings. The van der Waals surface area contributed by atoms with Gasteiger partial charge < -0.3 is 19.5 Å². The molecule has 4 aromatic rings. The van der Waals surface area contributed by atoms with Crippen molar-refractivity contribution >= 4 is 40.0 Å². The van der Waals surface area contributed by atoms with Gasteiger partial charge in [-0.3, -0.25) is 4.79 Å². The molecule has 0 bridgehead atoms. The standard InChI is InChI=1S/C30H30N4O5S2/c1-37-20-12-8-18(9-13-20)26-27(19-10-14-21(38-2)15-11-19)33-34-30(32-26)40-17-16-24(35)31-28-25(29(36)39-3)22-6-4-5-7-23(22)41-28/h8-15H,4-7,16-17H2,1-3H3,(H,31,35). The normalized spacial score (nSPS) is 12.4. The van der Waals surface area contributed by atoms with E-state index in [2.05, 4.69) is 15.5 Å². The zero-order valence-corrected chi connectivity index (χ0v) is 24.7. The monoisotopic (exact) mass is 590 g/mol. The molecule has 2 aromatic heterocycles. The number of esters is 1. The summed E-state index contributed by atoms with van der Waals surface area (Å²) in [4.78, 5) is 31.3. The molecule has 0 radical (unpaired) electrons. The number of amides is 1. The van der Waals surface area contributed by atoms with Gasteiger partial charge in [-0.05, 0) is 79.8 Å². The summed E-state index contributed by atoms with van der Waals surface area (Å²) in [7, 11) is 4.61. The van der Waals surface area contributed by atoms with E-state index in [0.717, 1.165) is 58.7 Å². The number of nitrogens with one attached hydrogen (secondary N) is 1. The average molecular weight is 591 g/mol. The van der Waals surface area contributed by atoms with Crippen molar-refractivity contribution in [2.75, 3.05) is 32.4 Å². The maximum absolute atomic E-state index is 12.9. The Morgan fingerprint density at radius 3 is 2.15 bits per heavy atom. The number of hydrogen-bond acceptors (Lipinski definition) is 10. The first-order valence-corrected chi connectivity index (χ1v) is 15.0. The third kappa shape index (κ3) is 6.52. The van der Waals surface area contributed by atoms with E-state index in [9.17, 15) is 9.59 Å². The summed E-state index contributed by atoms with van der Waals surface area (Å²) < 4.78 is 15.6. The van der Waals surface area contributed by atoms with Gasteiger partial charge in [0.15, 0.2) is 0 Å². The molecule has 1 aliphatic carbocycles. The summed E-state index contributed by atoms with van der Waals surface area (Å²) in [6.07, 6.45) is 4.08. The topological polar surface area (TPSA) is 113 Å². The van der Waals surface area contributed by atoms with E-state index < -0.39 is 5.97 Å². The second-order valence-electron chi connectivity index (χ2n) is 9.30. The number of ether oxygens (including phenoxy) is 3. The van der Waals surface area contributed by atoms with Crippen LogP contribution >= 0.6 is 23.1 Å². The van der Waals surface area contributed by atoms with Crippen molar-refractivity contribution in [2.24, 2.45) is 0 Å². The lowest BCUT2D eigenvalue weighted by molar-refractivity contribution is -0.115. The molecule has 41 heavy (non-hydrogen) atoms. The fourth-order valence-corrected chi connectivity index (χ4v) is 6.68. The highest BCUT2D eigenvalue weighted by atomic mass is 32.2. The zero-order chi connectivity index (χ0) is 28.8. The highest BCUT2D eigenvalue weighted by Crippen LogP contribution is 2.39. The van der Waals surface area contributed by atoms with Crippen molar-refractivity contribution in [1.29, 1.82) is 0 Å². The summed E-state index contributed by atoms with van der Waals surface area (Å²) in [6, 6.07) is 15.2. The van der Waals surface area contributed by atoms with E-state index in [4.69, 9.17) is 19.2 Å². The number of benzene rings is 2. The van der Waals surface area contributed by atoms with Crippen LogP contribution in [0, 0.1) is 0 Å². The molecular formula is C30H30N4O5S2. The summed E-state index contributed by atoms with van der Waals surface area (Å²) >= 11 is 2.83. The molecule has 212 valence electrons. The fraction of sp³-hybridized carbons (Fsp3) is 0.300. The van der Waals surface area contributed by atoms with Crippen molar-refractivity contribution in [1.82, 2.24) is 15.2 Å². The predicted molar refractivity (Wildman–Crippen MR) is 160 cm³/mol. The predicted octanol–water partition coefficient (Wildman–Crippen LogP) is 6.07. The van der Waals surface area contributed by atoms with Crippen LogP contribution in [0.15, 0.2) is 53.7 Å². The Morgan fingerprint density at radius 1 is 0.878 bits per heavy atom. The number of thioether (sulfide) groups is 1. The number of rotatable bonds is 10. The van der Waals surface area contributed by atoms with E-state index in [1.165, 1.54) is 30.2 Å². The van der Waals surface area contributed by atoms with Crippen molar-refractivity contribution in [2.45, 2.75) is 37.3 Å². The van der Waals surface area contributed by atoms with Gasteiger partial charge >= 0.3 is 5.97 Å². The lowest BCUT2D eigenvalue weighted by Gasteiger charge is -2.12. The van der Waals surface area contributed by atoms with Crippen LogP contribution in [0.1, 0.15) is 40.1 Å². The number of anilines is 1. The van der Waals surface area contributed by atoms with Gasteiger partial charge in [-0.1, -0.05) is 11.8 Å². The first-order valence-electron chi connectivity index (χ1n) is 13.2. The van der Waals surface area contributed by atoms with Crippen molar-refractivity contribution in [3.8, 4) is 34.0 Å². The second-order valence-corrected chi connectivity index (χ2v) is 11.5. The van der Waals surface area contributed by atoms with Gasteiger partial charge in [0.2, 0.25) is 11.1 Å². The SMILES string of the molecule is COC(=O)c1c(NC(=O)CCSc2nnc(-c3ccc(OC)cc3)c(-c3ccc(OC)cc3)n2)sc2c1CCCC2. The van der Waals surface area contributed by atoms with Crippen LogP contribution in [0.25, 0.3) is 22.5 Å². The first-order chi connectivity index (χ1) is 20.0. The number of carbonyl (C=O) groups is 2. The number of methoxy groups -OCH3 is 3.